The van der Waals surface area contributed by atoms with Crippen molar-refractivity contribution in [3.8, 4) is 0 Å². The molecule has 0 atom stereocenters. The van der Waals surface area contributed by atoms with E-state index in [1.165, 1.54) is 11.3 Å². The highest BCUT2D eigenvalue weighted by Crippen LogP contribution is 2.19. The molecule has 0 unspecified atom stereocenters. The molecule has 0 bridgehead atoms. The molecule has 0 N–H and O–H groups in total. The molecule has 0 saturated carbocycles. The van der Waals surface area contributed by atoms with Gasteiger partial charge in [-0.05, 0) is 19.1 Å². The lowest BCUT2D eigenvalue weighted by Crippen LogP contribution is -2.47. The third kappa shape index (κ3) is 2.87. The SMILES string of the molecule is Cc1ccc(N2CCN(C(S)S)CC2)cc1. The molecule has 16 heavy (non-hydrogen) atoms. The van der Waals surface area contributed by atoms with Crippen LogP contribution in [0.4, 0.5) is 5.69 Å². The van der Waals surface area contributed by atoms with Crippen LogP contribution in [0.3, 0.4) is 0 Å². The third-order valence-corrected chi connectivity index (χ3v) is 3.69. The van der Waals surface area contributed by atoms with E-state index in [2.05, 4.69) is 66.2 Å². The number of benzene rings is 1. The highest BCUT2D eigenvalue weighted by Gasteiger charge is 2.19. The van der Waals surface area contributed by atoms with E-state index >= 15 is 0 Å². The van der Waals surface area contributed by atoms with Crippen molar-refractivity contribution in [2.75, 3.05) is 31.1 Å². The number of aryl methyl sites for hydroxylation is 1. The Morgan fingerprint density at radius 2 is 1.56 bits per heavy atom. The molecule has 88 valence electrons. The van der Waals surface area contributed by atoms with Gasteiger partial charge in [-0.15, -0.1) is 25.3 Å². The quantitative estimate of drug-likeness (QED) is 0.617. The largest absolute Gasteiger partial charge is 0.369 e. The summed E-state index contributed by atoms with van der Waals surface area (Å²) in [5.74, 6) is 0. The molecule has 2 nitrogen and oxygen atoms in total. The van der Waals surface area contributed by atoms with Crippen LogP contribution in [0.15, 0.2) is 24.3 Å². The van der Waals surface area contributed by atoms with Crippen molar-refractivity contribution >= 4 is 30.9 Å². The second kappa shape index (κ2) is 5.34. The van der Waals surface area contributed by atoms with E-state index < -0.39 is 0 Å². The van der Waals surface area contributed by atoms with Crippen LogP contribution in [0, 0.1) is 6.92 Å². The average molecular weight is 254 g/mol. The molecular formula is C12H18N2S2. The Bertz CT molecular complexity index is 329. The predicted molar refractivity (Wildman–Crippen MR) is 76.7 cm³/mol. The Hall–Kier alpha value is -0.320. The topological polar surface area (TPSA) is 6.48 Å². The molecule has 2 rings (SSSR count). The lowest BCUT2D eigenvalue weighted by atomic mass is 10.2. The van der Waals surface area contributed by atoms with Gasteiger partial charge in [0.15, 0.2) is 0 Å². The van der Waals surface area contributed by atoms with Crippen molar-refractivity contribution in [1.29, 1.82) is 0 Å². The summed E-state index contributed by atoms with van der Waals surface area (Å²) in [5, 5.41) is 0. The van der Waals surface area contributed by atoms with Gasteiger partial charge < -0.3 is 4.90 Å². The van der Waals surface area contributed by atoms with E-state index in [9.17, 15) is 0 Å². The Kier molecular flexibility index (Phi) is 4.05. The molecule has 0 radical (unpaired) electrons. The van der Waals surface area contributed by atoms with Crippen molar-refractivity contribution in [3.05, 3.63) is 29.8 Å². The summed E-state index contributed by atoms with van der Waals surface area (Å²) in [6.07, 6.45) is 0. The van der Waals surface area contributed by atoms with E-state index in [1.54, 1.807) is 0 Å². The molecule has 1 aliphatic heterocycles. The van der Waals surface area contributed by atoms with Gasteiger partial charge in [0, 0.05) is 31.9 Å². The Balaban J connectivity index is 1.96. The molecule has 1 aromatic carbocycles. The van der Waals surface area contributed by atoms with E-state index in [0.717, 1.165) is 26.2 Å². The lowest BCUT2D eigenvalue weighted by molar-refractivity contribution is 0.287. The monoisotopic (exact) mass is 254 g/mol. The van der Waals surface area contributed by atoms with Crippen molar-refractivity contribution in [3.63, 3.8) is 0 Å². The molecular weight excluding hydrogens is 236 g/mol. The number of hydrogen-bond acceptors (Lipinski definition) is 4. The number of rotatable bonds is 2. The van der Waals surface area contributed by atoms with Crippen LogP contribution in [0.2, 0.25) is 0 Å². The smallest absolute Gasteiger partial charge is 0.0970 e. The lowest BCUT2D eigenvalue weighted by Gasteiger charge is -2.37. The summed E-state index contributed by atoms with van der Waals surface area (Å²) in [5.41, 5.74) is 2.63. The summed E-state index contributed by atoms with van der Waals surface area (Å²) in [7, 11) is 0. The van der Waals surface area contributed by atoms with Gasteiger partial charge in [-0.3, -0.25) is 4.90 Å². The number of nitrogens with zero attached hydrogens (tertiary/aromatic N) is 2. The van der Waals surface area contributed by atoms with Gasteiger partial charge in [-0.2, -0.15) is 0 Å². The molecule has 0 spiro atoms. The summed E-state index contributed by atoms with van der Waals surface area (Å²) in [4.78, 5) is 4.69. The van der Waals surface area contributed by atoms with Crippen LogP contribution in [0.25, 0.3) is 0 Å². The van der Waals surface area contributed by atoms with Crippen LogP contribution in [-0.4, -0.2) is 35.8 Å². The fourth-order valence-corrected chi connectivity index (χ4v) is 2.43. The van der Waals surface area contributed by atoms with E-state index in [1.807, 2.05) is 0 Å². The molecule has 1 heterocycles. The van der Waals surface area contributed by atoms with Crippen molar-refractivity contribution in [2.45, 2.75) is 11.6 Å². The van der Waals surface area contributed by atoms with Gasteiger partial charge in [0.25, 0.3) is 0 Å². The Labute approximate surface area is 108 Å². The first-order valence-electron chi connectivity index (χ1n) is 5.58. The fourth-order valence-electron chi connectivity index (χ4n) is 1.97. The highest BCUT2D eigenvalue weighted by molar-refractivity contribution is 7.99. The van der Waals surface area contributed by atoms with Gasteiger partial charge in [0.2, 0.25) is 0 Å². The fraction of sp³-hybridized carbons (Fsp3) is 0.500. The maximum Gasteiger partial charge on any atom is 0.0970 e. The van der Waals surface area contributed by atoms with Gasteiger partial charge in [-0.25, -0.2) is 0 Å². The summed E-state index contributed by atoms with van der Waals surface area (Å²) in [6.45, 7) is 6.30. The van der Waals surface area contributed by atoms with Crippen LogP contribution >= 0.6 is 25.3 Å². The first-order valence-corrected chi connectivity index (χ1v) is 6.62. The van der Waals surface area contributed by atoms with Crippen LogP contribution in [-0.2, 0) is 0 Å². The second-order valence-electron chi connectivity index (χ2n) is 4.20. The maximum absolute atomic E-state index is 4.34. The molecule has 4 heteroatoms. The van der Waals surface area contributed by atoms with E-state index in [4.69, 9.17) is 0 Å². The number of thiol groups is 2. The minimum absolute atomic E-state index is 0.0696. The zero-order valence-corrected chi connectivity index (χ0v) is 11.3. The van der Waals surface area contributed by atoms with Crippen molar-refractivity contribution < 1.29 is 0 Å². The van der Waals surface area contributed by atoms with Gasteiger partial charge in [0.1, 0.15) is 0 Å². The zero-order valence-electron chi connectivity index (χ0n) is 9.50. The van der Waals surface area contributed by atoms with Crippen LogP contribution < -0.4 is 4.90 Å². The minimum atomic E-state index is 0.0696. The second-order valence-corrected chi connectivity index (χ2v) is 5.59. The summed E-state index contributed by atoms with van der Waals surface area (Å²) < 4.78 is 0.0696. The summed E-state index contributed by atoms with van der Waals surface area (Å²) >= 11 is 8.69. The zero-order chi connectivity index (χ0) is 11.5. The normalized spacial score (nSPS) is 18.1. The molecule has 0 aromatic heterocycles. The van der Waals surface area contributed by atoms with Crippen molar-refractivity contribution in [2.24, 2.45) is 0 Å². The number of hydrogen-bond donors (Lipinski definition) is 2. The first kappa shape index (κ1) is 12.1. The van der Waals surface area contributed by atoms with Gasteiger partial charge in [-0.1, -0.05) is 17.7 Å². The number of piperazine rings is 1. The first-order chi connectivity index (χ1) is 7.66. The molecule has 0 aliphatic carbocycles. The average Bonchev–Trinajstić information content (AvgIpc) is 2.30. The van der Waals surface area contributed by atoms with E-state index in [-0.39, 0.29) is 4.71 Å². The maximum atomic E-state index is 4.34. The van der Waals surface area contributed by atoms with Crippen LogP contribution in [0.1, 0.15) is 5.56 Å². The summed E-state index contributed by atoms with van der Waals surface area (Å²) in [6, 6.07) is 8.73. The molecule has 1 saturated heterocycles. The molecule has 1 fully saturated rings. The van der Waals surface area contributed by atoms with Crippen molar-refractivity contribution in [1.82, 2.24) is 4.90 Å². The molecule has 1 aromatic rings. The Morgan fingerprint density at radius 1 is 1.00 bits per heavy atom. The van der Waals surface area contributed by atoms with Gasteiger partial charge >= 0.3 is 0 Å². The predicted octanol–water partition coefficient (Wildman–Crippen LogP) is 2.26. The van der Waals surface area contributed by atoms with Crippen LogP contribution in [0.5, 0.6) is 0 Å². The highest BCUT2D eigenvalue weighted by atomic mass is 32.2. The standard InChI is InChI=1S/C12H18N2S2/c1-10-2-4-11(5-3-10)13-6-8-14(9-7-13)12(15)16/h2-5,12,15-16H,6-9H2,1H3. The molecule has 1 aliphatic rings. The third-order valence-electron chi connectivity index (χ3n) is 3.04. The van der Waals surface area contributed by atoms with Gasteiger partial charge in [0.05, 0.1) is 4.71 Å². The minimum Gasteiger partial charge on any atom is -0.369 e. The van der Waals surface area contributed by atoms with E-state index in [0.29, 0.717) is 0 Å². The number of anilines is 1. The molecule has 0 amide bonds. The Morgan fingerprint density at radius 3 is 2.06 bits per heavy atom.